The molecule has 0 unspecified atom stereocenters. The molecular weight excluding hydrogens is 266 g/mol. The Hall–Kier alpha value is -2.22. The van der Waals surface area contributed by atoms with Gasteiger partial charge in [0, 0.05) is 13.5 Å². The third-order valence-corrected chi connectivity index (χ3v) is 3.20. The van der Waals surface area contributed by atoms with Gasteiger partial charge in [-0.05, 0) is 28.8 Å². The largest absolute Gasteiger partial charge is 0.354 e. The fourth-order valence-corrected chi connectivity index (χ4v) is 2.19. The number of nitrogens with one attached hydrogen (secondary N) is 3. The Morgan fingerprint density at radius 3 is 2.95 bits per heavy atom. The van der Waals surface area contributed by atoms with Crippen molar-refractivity contribution in [2.45, 2.75) is 12.8 Å². The molecule has 0 fully saturated rings. The first-order chi connectivity index (χ1) is 9.20. The molecule has 0 saturated heterocycles. The van der Waals surface area contributed by atoms with Crippen LogP contribution in [0.1, 0.15) is 22.5 Å². The molecule has 2 aromatic rings. The Balaban J connectivity index is 1.92. The van der Waals surface area contributed by atoms with Crippen LogP contribution >= 0.6 is 11.3 Å². The van der Waals surface area contributed by atoms with Gasteiger partial charge in [0.2, 0.25) is 5.91 Å². The molecule has 3 N–H and O–H groups in total. The molecule has 100 valence electrons. The number of H-pyrrole nitrogens is 1. The molecule has 2 rings (SSSR count). The molecule has 0 bridgehead atoms. The number of nitrogens with zero attached hydrogens (tertiary/aromatic N) is 2. The van der Waals surface area contributed by atoms with Crippen LogP contribution in [0.2, 0.25) is 0 Å². The standard InChI is InChI=1S/C11H13N5O2S/c1-12-11(18)9-10(15-16-14-9)13-8(17)3-2-7-4-5-19-6-7/h4-6H,2-3H2,1H3,(H,12,18)(H2,13,14,15,16,17). The minimum Gasteiger partial charge on any atom is -0.354 e. The van der Waals surface area contributed by atoms with Crippen molar-refractivity contribution in [3.8, 4) is 0 Å². The predicted molar refractivity (Wildman–Crippen MR) is 71.0 cm³/mol. The van der Waals surface area contributed by atoms with E-state index in [1.807, 2.05) is 16.8 Å². The van der Waals surface area contributed by atoms with Gasteiger partial charge in [-0.25, -0.2) is 0 Å². The van der Waals surface area contributed by atoms with Gasteiger partial charge in [0.15, 0.2) is 11.5 Å². The summed E-state index contributed by atoms with van der Waals surface area (Å²) < 4.78 is 0. The van der Waals surface area contributed by atoms with Crippen molar-refractivity contribution in [2.75, 3.05) is 12.4 Å². The number of hydrogen-bond donors (Lipinski definition) is 3. The molecule has 0 saturated carbocycles. The van der Waals surface area contributed by atoms with Gasteiger partial charge in [-0.15, -0.1) is 10.2 Å². The average Bonchev–Trinajstić information content (AvgIpc) is 3.06. The van der Waals surface area contributed by atoms with Gasteiger partial charge in [0.1, 0.15) is 0 Å². The molecule has 0 aliphatic carbocycles. The van der Waals surface area contributed by atoms with Crippen molar-refractivity contribution in [1.29, 1.82) is 0 Å². The van der Waals surface area contributed by atoms with Crippen molar-refractivity contribution in [1.82, 2.24) is 20.7 Å². The molecule has 2 heterocycles. The van der Waals surface area contributed by atoms with Gasteiger partial charge >= 0.3 is 0 Å². The summed E-state index contributed by atoms with van der Waals surface area (Å²) in [5.41, 5.74) is 1.19. The lowest BCUT2D eigenvalue weighted by Crippen LogP contribution is -2.21. The predicted octanol–water partition coefficient (Wildman–Crippen LogP) is 0.797. The highest BCUT2D eigenvalue weighted by atomic mass is 32.1. The van der Waals surface area contributed by atoms with Gasteiger partial charge in [-0.3, -0.25) is 9.59 Å². The number of thiophene rings is 1. The van der Waals surface area contributed by atoms with E-state index in [0.29, 0.717) is 12.8 Å². The lowest BCUT2D eigenvalue weighted by atomic mass is 10.2. The number of anilines is 1. The number of aryl methyl sites for hydroxylation is 1. The summed E-state index contributed by atoms with van der Waals surface area (Å²) in [6.07, 6.45) is 0.985. The van der Waals surface area contributed by atoms with Crippen molar-refractivity contribution in [3.05, 3.63) is 28.1 Å². The number of aromatic amines is 1. The highest BCUT2D eigenvalue weighted by molar-refractivity contribution is 7.07. The summed E-state index contributed by atoms with van der Waals surface area (Å²) >= 11 is 1.59. The minimum absolute atomic E-state index is 0.0754. The molecule has 19 heavy (non-hydrogen) atoms. The van der Waals surface area contributed by atoms with E-state index in [1.54, 1.807) is 11.3 Å². The summed E-state index contributed by atoms with van der Waals surface area (Å²) in [4.78, 5) is 23.2. The Kier molecular flexibility index (Phi) is 4.24. The Morgan fingerprint density at radius 1 is 1.42 bits per heavy atom. The first-order valence-electron chi connectivity index (χ1n) is 5.64. The lowest BCUT2D eigenvalue weighted by molar-refractivity contribution is -0.116. The molecule has 2 aromatic heterocycles. The number of aromatic nitrogens is 3. The van der Waals surface area contributed by atoms with E-state index in [2.05, 4.69) is 26.0 Å². The van der Waals surface area contributed by atoms with Crippen molar-refractivity contribution in [3.63, 3.8) is 0 Å². The van der Waals surface area contributed by atoms with Crippen LogP contribution < -0.4 is 10.6 Å². The maximum Gasteiger partial charge on any atom is 0.275 e. The average molecular weight is 279 g/mol. The second kappa shape index (κ2) is 6.10. The van der Waals surface area contributed by atoms with Gasteiger partial charge in [0.05, 0.1) is 0 Å². The van der Waals surface area contributed by atoms with Crippen molar-refractivity contribution >= 4 is 29.0 Å². The third-order valence-electron chi connectivity index (χ3n) is 2.47. The molecule has 0 spiro atoms. The molecule has 0 aliphatic heterocycles. The van der Waals surface area contributed by atoms with E-state index >= 15 is 0 Å². The van der Waals surface area contributed by atoms with Crippen molar-refractivity contribution in [2.24, 2.45) is 0 Å². The second-order valence-electron chi connectivity index (χ2n) is 3.78. The number of rotatable bonds is 5. The number of carbonyl (C=O) groups is 2. The highest BCUT2D eigenvalue weighted by Crippen LogP contribution is 2.11. The second-order valence-corrected chi connectivity index (χ2v) is 4.56. The normalized spacial score (nSPS) is 10.2. The Bertz CT molecular complexity index is 563. The van der Waals surface area contributed by atoms with E-state index < -0.39 is 5.91 Å². The SMILES string of the molecule is CNC(=O)c1n[nH]nc1NC(=O)CCc1ccsc1. The summed E-state index contributed by atoms with van der Waals surface area (Å²) in [6.45, 7) is 0. The van der Waals surface area contributed by atoms with E-state index in [9.17, 15) is 9.59 Å². The first-order valence-corrected chi connectivity index (χ1v) is 6.58. The molecule has 8 heteroatoms. The van der Waals surface area contributed by atoms with E-state index in [-0.39, 0.29) is 17.4 Å². The van der Waals surface area contributed by atoms with Crippen molar-refractivity contribution < 1.29 is 9.59 Å². The fourth-order valence-electron chi connectivity index (χ4n) is 1.48. The van der Waals surface area contributed by atoms with Crippen LogP contribution in [0.15, 0.2) is 16.8 Å². The zero-order valence-corrected chi connectivity index (χ0v) is 11.1. The molecule has 0 aromatic carbocycles. The van der Waals surface area contributed by atoms with Crippen LogP contribution in [0, 0.1) is 0 Å². The zero-order chi connectivity index (χ0) is 13.7. The summed E-state index contributed by atoms with van der Waals surface area (Å²) in [5.74, 6) is -0.457. The monoisotopic (exact) mass is 279 g/mol. The quantitative estimate of drug-likeness (QED) is 0.753. The van der Waals surface area contributed by atoms with Crippen LogP contribution in [0.5, 0.6) is 0 Å². The summed E-state index contributed by atoms with van der Waals surface area (Å²) in [7, 11) is 1.49. The molecule has 0 aliphatic rings. The van der Waals surface area contributed by atoms with Crippen LogP contribution in [-0.4, -0.2) is 34.3 Å². The molecule has 2 amide bonds. The van der Waals surface area contributed by atoms with Gasteiger partial charge < -0.3 is 10.6 Å². The topological polar surface area (TPSA) is 99.8 Å². The van der Waals surface area contributed by atoms with E-state index in [1.165, 1.54) is 7.05 Å². The van der Waals surface area contributed by atoms with Crippen LogP contribution in [-0.2, 0) is 11.2 Å². The van der Waals surface area contributed by atoms with E-state index in [0.717, 1.165) is 5.56 Å². The number of hydrogen-bond acceptors (Lipinski definition) is 5. The van der Waals surface area contributed by atoms with Gasteiger partial charge in [0.25, 0.3) is 5.91 Å². The number of amides is 2. The van der Waals surface area contributed by atoms with E-state index in [4.69, 9.17) is 0 Å². The highest BCUT2D eigenvalue weighted by Gasteiger charge is 2.16. The van der Waals surface area contributed by atoms with Crippen LogP contribution in [0.3, 0.4) is 0 Å². The molecule has 7 nitrogen and oxygen atoms in total. The van der Waals surface area contributed by atoms with Crippen LogP contribution in [0.25, 0.3) is 0 Å². The van der Waals surface area contributed by atoms with Gasteiger partial charge in [-0.1, -0.05) is 0 Å². The maximum atomic E-state index is 11.7. The third kappa shape index (κ3) is 3.38. The molecular formula is C11H13N5O2S. The maximum absolute atomic E-state index is 11.7. The zero-order valence-electron chi connectivity index (χ0n) is 10.3. The Labute approximate surface area is 113 Å². The Morgan fingerprint density at radius 2 is 2.26 bits per heavy atom. The fraction of sp³-hybridized carbons (Fsp3) is 0.273. The van der Waals surface area contributed by atoms with Gasteiger partial charge in [-0.2, -0.15) is 16.6 Å². The lowest BCUT2D eigenvalue weighted by Gasteiger charge is -2.02. The summed E-state index contributed by atoms with van der Waals surface area (Å²) in [6, 6.07) is 1.98. The molecule has 0 atom stereocenters. The van der Waals surface area contributed by atoms with Crippen LogP contribution in [0.4, 0.5) is 5.82 Å². The summed E-state index contributed by atoms with van der Waals surface area (Å²) in [5, 5.41) is 18.7. The molecule has 0 radical (unpaired) electrons. The minimum atomic E-state index is -0.401. The number of carbonyl (C=O) groups excluding carboxylic acids is 2. The first kappa shape index (κ1) is 13.2. The smallest absolute Gasteiger partial charge is 0.275 e.